The van der Waals surface area contributed by atoms with E-state index >= 15 is 0 Å². The maximum absolute atomic E-state index is 12.6. The normalized spacial score (nSPS) is 12.1. The standard InChI is InChI=1S/C21H17BrN4O/c1-14(15-7-3-2-4-8-15)23-21(27)16-11-12-26-19(13-16)24-25-20(26)17-9-5-6-10-18(17)22/h2-14H,1H3,(H,23,27)/t14-/m0/s1. The molecule has 0 fully saturated rings. The summed E-state index contributed by atoms with van der Waals surface area (Å²) in [6.45, 7) is 1.97. The number of nitrogens with one attached hydrogen (secondary N) is 1. The van der Waals surface area contributed by atoms with E-state index in [-0.39, 0.29) is 11.9 Å². The Labute approximate surface area is 165 Å². The average molecular weight is 421 g/mol. The average Bonchev–Trinajstić information content (AvgIpc) is 3.12. The van der Waals surface area contributed by atoms with Crippen molar-refractivity contribution in [3.05, 3.63) is 88.5 Å². The number of fused-ring (bicyclic) bond motifs is 1. The van der Waals surface area contributed by atoms with E-state index in [1.807, 2.05) is 72.1 Å². The van der Waals surface area contributed by atoms with Gasteiger partial charge < -0.3 is 5.32 Å². The van der Waals surface area contributed by atoms with Gasteiger partial charge in [-0.1, -0.05) is 64.5 Å². The third-order valence-electron chi connectivity index (χ3n) is 4.43. The molecule has 0 radical (unpaired) electrons. The fraction of sp³-hybridized carbons (Fsp3) is 0.0952. The summed E-state index contributed by atoms with van der Waals surface area (Å²) >= 11 is 3.55. The van der Waals surface area contributed by atoms with Gasteiger partial charge in [0.15, 0.2) is 11.5 Å². The van der Waals surface area contributed by atoms with Crippen LogP contribution in [0.15, 0.2) is 77.4 Å². The maximum Gasteiger partial charge on any atom is 0.251 e. The number of hydrogen-bond acceptors (Lipinski definition) is 3. The minimum Gasteiger partial charge on any atom is -0.346 e. The highest BCUT2D eigenvalue weighted by Crippen LogP contribution is 2.27. The van der Waals surface area contributed by atoms with Crippen molar-refractivity contribution in [1.29, 1.82) is 0 Å². The molecule has 0 aliphatic rings. The quantitative estimate of drug-likeness (QED) is 0.522. The molecule has 2 aromatic heterocycles. The molecule has 0 unspecified atom stereocenters. The van der Waals surface area contributed by atoms with Crippen LogP contribution in [-0.4, -0.2) is 20.5 Å². The molecule has 0 bridgehead atoms. The van der Waals surface area contributed by atoms with Crippen LogP contribution in [0.2, 0.25) is 0 Å². The Kier molecular flexibility index (Phi) is 4.73. The number of pyridine rings is 1. The van der Waals surface area contributed by atoms with Gasteiger partial charge in [0.25, 0.3) is 5.91 Å². The highest BCUT2D eigenvalue weighted by atomic mass is 79.9. The van der Waals surface area contributed by atoms with E-state index in [0.29, 0.717) is 11.2 Å². The molecule has 0 saturated carbocycles. The number of aromatic nitrogens is 3. The van der Waals surface area contributed by atoms with Gasteiger partial charge in [0.05, 0.1) is 6.04 Å². The Morgan fingerprint density at radius 2 is 1.78 bits per heavy atom. The van der Waals surface area contributed by atoms with Crippen molar-refractivity contribution in [2.75, 3.05) is 0 Å². The lowest BCUT2D eigenvalue weighted by Gasteiger charge is -2.14. The zero-order chi connectivity index (χ0) is 18.8. The minimum absolute atomic E-state index is 0.0800. The van der Waals surface area contributed by atoms with Crippen LogP contribution in [0.5, 0.6) is 0 Å². The molecule has 0 saturated heterocycles. The van der Waals surface area contributed by atoms with Crippen molar-refractivity contribution in [3.8, 4) is 11.4 Å². The van der Waals surface area contributed by atoms with Crippen LogP contribution in [-0.2, 0) is 0 Å². The van der Waals surface area contributed by atoms with E-state index in [1.165, 1.54) is 0 Å². The van der Waals surface area contributed by atoms with Gasteiger partial charge in [0.1, 0.15) is 0 Å². The highest BCUT2D eigenvalue weighted by molar-refractivity contribution is 9.10. The van der Waals surface area contributed by atoms with Crippen molar-refractivity contribution in [3.63, 3.8) is 0 Å². The van der Waals surface area contributed by atoms with Crippen LogP contribution in [0.1, 0.15) is 28.9 Å². The minimum atomic E-state index is -0.140. The van der Waals surface area contributed by atoms with E-state index in [2.05, 4.69) is 31.4 Å². The van der Waals surface area contributed by atoms with Gasteiger partial charge in [-0.3, -0.25) is 9.20 Å². The number of hydrogen-bond donors (Lipinski definition) is 1. The first-order chi connectivity index (χ1) is 13.1. The van der Waals surface area contributed by atoms with Gasteiger partial charge in [-0.25, -0.2) is 0 Å². The van der Waals surface area contributed by atoms with Gasteiger partial charge in [0, 0.05) is 21.8 Å². The van der Waals surface area contributed by atoms with Crippen molar-refractivity contribution in [2.45, 2.75) is 13.0 Å². The fourth-order valence-electron chi connectivity index (χ4n) is 2.96. The first-order valence-electron chi connectivity index (χ1n) is 8.59. The molecule has 134 valence electrons. The van der Waals surface area contributed by atoms with Gasteiger partial charge in [-0.05, 0) is 30.7 Å². The smallest absolute Gasteiger partial charge is 0.251 e. The van der Waals surface area contributed by atoms with E-state index in [4.69, 9.17) is 0 Å². The zero-order valence-corrected chi connectivity index (χ0v) is 16.2. The second kappa shape index (κ2) is 7.32. The molecule has 0 aliphatic carbocycles. The van der Waals surface area contributed by atoms with Crippen LogP contribution in [0.3, 0.4) is 0 Å². The molecule has 27 heavy (non-hydrogen) atoms. The lowest BCUT2D eigenvalue weighted by molar-refractivity contribution is 0.0940. The summed E-state index contributed by atoms with van der Waals surface area (Å²) in [6.07, 6.45) is 1.83. The second-order valence-electron chi connectivity index (χ2n) is 6.25. The summed E-state index contributed by atoms with van der Waals surface area (Å²) in [5.74, 6) is 0.585. The molecule has 0 aliphatic heterocycles. The Morgan fingerprint density at radius 1 is 1.04 bits per heavy atom. The van der Waals surface area contributed by atoms with Crippen molar-refractivity contribution < 1.29 is 4.79 Å². The molecule has 1 amide bonds. The Bertz CT molecular complexity index is 1110. The number of amides is 1. The fourth-order valence-corrected chi connectivity index (χ4v) is 3.43. The summed E-state index contributed by atoms with van der Waals surface area (Å²) in [5, 5.41) is 11.5. The molecular weight excluding hydrogens is 404 g/mol. The van der Waals surface area contributed by atoms with Gasteiger partial charge in [0.2, 0.25) is 0 Å². The molecule has 2 aromatic carbocycles. The van der Waals surface area contributed by atoms with Crippen LogP contribution in [0.25, 0.3) is 17.0 Å². The molecule has 6 heteroatoms. The summed E-state index contributed by atoms with van der Waals surface area (Å²) in [6, 6.07) is 21.2. The lowest BCUT2D eigenvalue weighted by atomic mass is 10.1. The lowest BCUT2D eigenvalue weighted by Crippen LogP contribution is -2.26. The predicted molar refractivity (Wildman–Crippen MR) is 108 cm³/mol. The van der Waals surface area contributed by atoms with Crippen LogP contribution < -0.4 is 5.32 Å². The highest BCUT2D eigenvalue weighted by Gasteiger charge is 2.15. The third kappa shape index (κ3) is 3.48. The molecule has 0 spiro atoms. The number of carbonyl (C=O) groups excluding carboxylic acids is 1. The van der Waals surface area contributed by atoms with Crippen LogP contribution in [0.4, 0.5) is 0 Å². The monoisotopic (exact) mass is 420 g/mol. The van der Waals surface area contributed by atoms with Crippen molar-refractivity contribution in [1.82, 2.24) is 19.9 Å². The molecule has 1 atom stereocenters. The van der Waals surface area contributed by atoms with Gasteiger partial charge >= 0.3 is 0 Å². The van der Waals surface area contributed by atoms with Crippen LogP contribution in [0, 0.1) is 0 Å². The van der Waals surface area contributed by atoms with Gasteiger partial charge in [-0.2, -0.15) is 0 Å². The number of rotatable bonds is 4. The summed E-state index contributed by atoms with van der Waals surface area (Å²) in [4.78, 5) is 12.6. The van der Waals surface area contributed by atoms with E-state index in [1.54, 1.807) is 12.1 Å². The van der Waals surface area contributed by atoms with Gasteiger partial charge in [-0.15, -0.1) is 10.2 Å². The number of halogens is 1. The Morgan fingerprint density at radius 3 is 2.56 bits per heavy atom. The number of nitrogens with zero attached hydrogens (tertiary/aromatic N) is 3. The molecule has 4 aromatic rings. The molecule has 1 N–H and O–H groups in total. The molecule has 5 nitrogen and oxygen atoms in total. The maximum atomic E-state index is 12.6. The Hall–Kier alpha value is -2.99. The number of benzene rings is 2. The first-order valence-corrected chi connectivity index (χ1v) is 9.38. The van der Waals surface area contributed by atoms with E-state index < -0.39 is 0 Å². The summed E-state index contributed by atoms with van der Waals surface area (Å²) in [7, 11) is 0. The van der Waals surface area contributed by atoms with E-state index in [0.717, 1.165) is 21.4 Å². The largest absolute Gasteiger partial charge is 0.346 e. The zero-order valence-electron chi connectivity index (χ0n) is 14.6. The molecule has 4 rings (SSSR count). The van der Waals surface area contributed by atoms with Crippen LogP contribution >= 0.6 is 15.9 Å². The SMILES string of the molecule is C[C@H](NC(=O)c1ccn2c(-c3ccccc3Br)nnc2c1)c1ccccc1. The van der Waals surface area contributed by atoms with Crippen molar-refractivity contribution in [2.24, 2.45) is 0 Å². The van der Waals surface area contributed by atoms with E-state index in [9.17, 15) is 4.79 Å². The van der Waals surface area contributed by atoms with Crippen molar-refractivity contribution >= 4 is 27.5 Å². The number of carbonyl (C=O) groups is 1. The topological polar surface area (TPSA) is 59.3 Å². The first kappa shape index (κ1) is 17.4. The summed E-state index contributed by atoms with van der Waals surface area (Å²) in [5.41, 5.74) is 3.18. The second-order valence-corrected chi connectivity index (χ2v) is 7.11. The summed E-state index contributed by atoms with van der Waals surface area (Å²) < 4.78 is 2.81. The molecule has 2 heterocycles. The predicted octanol–water partition coefficient (Wildman–Crippen LogP) is 4.65. The third-order valence-corrected chi connectivity index (χ3v) is 5.13. The molecular formula is C21H17BrN4O. The Balaban J connectivity index is 1.61.